The Morgan fingerprint density at radius 1 is 1.50 bits per heavy atom. The molecule has 1 saturated heterocycles. The fourth-order valence-electron chi connectivity index (χ4n) is 2.52. The van der Waals surface area contributed by atoms with Crippen molar-refractivity contribution in [2.24, 2.45) is 0 Å². The summed E-state index contributed by atoms with van der Waals surface area (Å²) in [6, 6.07) is -0.947. The second-order valence-corrected chi connectivity index (χ2v) is 5.14. The van der Waals surface area contributed by atoms with Gasteiger partial charge < -0.3 is 14.9 Å². The third-order valence-electron chi connectivity index (χ3n) is 3.58. The Bertz CT molecular complexity index is 460. The van der Waals surface area contributed by atoms with E-state index in [1.54, 1.807) is 19.4 Å². The Labute approximate surface area is 117 Å². The maximum Gasteiger partial charge on any atom is 0.326 e. The molecule has 1 aliphatic rings. The Balaban J connectivity index is 2.05. The third kappa shape index (κ3) is 3.28. The zero-order chi connectivity index (χ0) is 14.5. The van der Waals surface area contributed by atoms with Crippen molar-refractivity contribution in [2.45, 2.75) is 38.3 Å². The van der Waals surface area contributed by atoms with Gasteiger partial charge in [-0.1, -0.05) is 12.8 Å². The molecule has 110 valence electrons. The smallest absolute Gasteiger partial charge is 0.326 e. The second kappa shape index (κ2) is 6.40. The number of aliphatic carboxylic acids is 1. The van der Waals surface area contributed by atoms with Gasteiger partial charge in [0.25, 0.3) is 0 Å². The minimum atomic E-state index is -0.919. The van der Waals surface area contributed by atoms with E-state index in [9.17, 15) is 14.7 Å². The molecule has 0 aromatic carbocycles. The maximum absolute atomic E-state index is 12.4. The van der Waals surface area contributed by atoms with E-state index in [-0.39, 0.29) is 6.03 Å². The van der Waals surface area contributed by atoms with Crippen LogP contribution in [0, 0.1) is 0 Å². The van der Waals surface area contributed by atoms with Gasteiger partial charge in [0.1, 0.15) is 6.04 Å². The summed E-state index contributed by atoms with van der Waals surface area (Å²) >= 11 is 0. The topological polar surface area (TPSA) is 89.5 Å². The van der Waals surface area contributed by atoms with Crippen molar-refractivity contribution in [2.75, 3.05) is 13.6 Å². The molecule has 0 radical (unpaired) electrons. The van der Waals surface area contributed by atoms with Gasteiger partial charge in [0, 0.05) is 25.4 Å². The minimum absolute atomic E-state index is 0.236. The molecule has 0 aliphatic carbocycles. The van der Waals surface area contributed by atoms with Gasteiger partial charge in [-0.15, -0.1) is 0 Å². The fourth-order valence-corrected chi connectivity index (χ4v) is 2.52. The normalized spacial score (nSPS) is 19.4. The molecule has 1 fully saturated rings. The summed E-state index contributed by atoms with van der Waals surface area (Å²) in [6.07, 6.45) is 6.59. The Morgan fingerprint density at radius 3 is 2.95 bits per heavy atom. The van der Waals surface area contributed by atoms with E-state index in [2.05, 4.69) is 10.2 Å². The molecule has 2 rings (SSSR count). The number of urea groups is 1. The van der Waals surface area contributed by atoms with E-state index in [4.69, 9.17) is 0 Å². The summed E-state index contributed by atoms with van der Waals surface area (Å²) in [5.74, 6) is -0.919. The first-order valence-electron chi connectivity index (χ1n) is 6.82. The highest BCUT2D eigenvalue weighted by Gasteiger charge is 2.32. The number of carbonyl (C=O) groups excluding carboxylic acids is 1. The number of carboxylic acids is 1. The predicted octanol–water partition coefficient (Wildman–Crippen LogP) is 1.29. The van der Waals surface area contributed by atoms with E-state index in [0.717, 1.165) is 24.8 Å². The van der Waals surface area contributed by atoms with Crippen molar-refractivity contribution < 1.29 is 14.7 Å². The van der Waals surface area contributed by atoms with Crippen LogP contribution < -0.4 is 0 Å². The molecule has 2 amide bonds. The SMILES string of the molecule is CN(Cc1cn[nH]c1)C(=O)N1CCCCCC1C(=O)O. The second-order valence-electron chi connectivity index (χ2n) is 5.14. The van der Waals surface area contributed by atoms with Gasteiger partial charge >= 0.3 is 12.0 Å². The molecule has 2 heterocycles. The molecular weight excluding hydrogens is 260 g/mol. The first-order valence-corrected chi connectivity index (χ1v) is 6.82. The van der Waals surface area contributed by atoms with Crippen LogP contribution in [0.4, 0.5) is 4.79 Å². The summed E-state index contributed by atoms with van der Waals surface area (Å²) in [5, 5.41) is 15.8. The van der Waals surface area contributed by atoms with Gasteiger partial charge in [0.2, 0.25) is 0 Å². The number of aromatic nitrogens is 2. The van der Waals surface area contributed by atoms with Gasteiger partial charge in [-0.05, 0) is 12.8 Å². The number of carboxylic acid groups (broad SMARTS) is 1. The average molecular weight is 280 g/mol. The molecule has 7 nitrogen and oxygen atoms in total. The minimum Gasteiger partial charge on any atom is -0.480 e. The van der Waals surface area contributed by atoms with E-state index >= 15 is 0 Å². The van der Waals surface area contributed by atoms with Gasteiger partial charge in [-0.25, -0.2) is 9.59 Å². The number of amides is 2. The maximum atomic E-state index is 12.4. The highest BCUT2D eigenvalue weighted by Crippen LogP contribution is 2.19. The van der Waals surface area contributed by atoms with Gasteiger partial charge in [-0.2, -0.15) is 5.10 Å². The first kappa shape index (κ1) is 14.4. The van der Waals surface area contributed by atoms with Crippen LogP contribution in [0.25, 0.3) is 0 Å². The molecule has 1 atom stereocenters. The lowest BCUT2D eigenvalue weighted by Gasteiger charge is -2.31. The highest BCUT2D eigenvalue weighted by molar-refractivity contribution is 5.82. The van der Waals surface area contributed by atoms with E-state index in [1.165, 1.54) is 9.80 Å². The average Bonchev–Trinajstić information content (AvgIpc) is 2.79. The third-order valence-corrected chi connectivity index (χ3v) is 3.58. The Kier molecular flexibility index (Phi) is 4.60. The Hall–Kier alpha value is -2.05. The molecule has 7 heteroatoms. The lowest BCUT2D eigenvalue weighted by Crippen LogP contribution is -2.49. The highest BCUT2D eigenvalue weighted by atomic mass is 16.4. The van der Waals surface area contributed by atoms with Gasteiger partial charge in [-0.3, -0.25) is 5.10 Å². The summed E-state index contributed by atoms with van der Waals surface area (Å²) in [4.78, 5) is 26.8. The van der Waals surface area contributed by atoms with E-state index < -0.39 is 12.0 Å². The van der Waals surface area contributed by atoms with Crippen molar-refractivity contribution in [3.63, 3.8) is 0 Å². The molecule has 0 bridgehead atoms. The molecular formula is C13H20N4O3. The quantitative estimate of drug-likeness (QED) is 0.873. The lowest BCUT2D eigenvalue weighted by atomic mass is 10.1. The first-order chi connectivity index (χ1) is 9.59. The molecule has 1 unspecified atom stereocenters. The van der Waals surface area contributed by atoms with Crippen LogP contribution in [0.3, 0.4) is 0 Å². The summed E-state index contributed by atoms with van der Waals surface area (Å²) in [5.41, 5.74) is 0.891. The van der Waals surface area contributed by atoms with Crippen LogP contribution in [-0.2, 0) is 11.3 Å². The molecule has 2 N–H and O–H groups in total. The summed E-state index contributed by atoms with van der Waals surface area (Å²) in [6.45, 7) is 0.920. The van der Waals surface area contributed by atoms with Gasteiger partial charge in [0.15, 0.2) is 0 Å². The fraction of sp³-hybridized carbons (Fsp3) is 0.615. The zero-order valence-corrected chi connectivity index (χ0v) is 11.6. The number of H-pyrrole nitrogens is 1. The van der Waals surface area contributed by atoms with Crippen LogP contribution in [0.5, 0.6) is 0 Å². The molecule has 0 spiro atoms. The largest absolute Gasteiger partial charge is 0.480 e. The zero-order valence-electron chi connectivity index (χ0n) is 11.6. The van der Waals surface area contributed by atoms with Crippen LogP contribution in [0.1, 0.15) is 31.2 Å². The van der Waals surface area contributed by atoms with Crippen molar-refractivity contribution in [3.05, 3.63) is 18.0 Å². The summed E-state index contributed by atoms with van der Waals surface area (Å²) in [7, 11) is 1.68. The lowest BCUT2D eigenvalue weighted by molar-refractivity contribution is -0.142. The van der Waals surface area contributed by atoms with Crippen molar-refractivity contribution in [1.82, 2.24) is 20.0 Å². The standard InChI is InChI=1S/C13H20N4O3/c1-16(9-10-7-14-15-8-10)13(20)17-6-4-2-3-5-11(17)12(18)19/h7-8,11H,2-6,9H2,1H3,(H,14,15)(H,18,19). The van der Waals surface area contributed by atoms with Crippen molar-refractivity contribution >= 4 is 12.0 Å². The monoisotopic (exact) mass is 280 g/mol. The number of rotatable bonds is 3. The number of nitrogens with zero attached hydrogens (tertiary/aromatic N) is 3. The molecule has 1 aliphatic heterocycles. The number of carbonyl (C=O) groups is 2. The van der Waals surface area contributed by atoms with Crippen LogP contribution in [-0.4, -0.2) is 56.7 Å². The van der Waals surface area contributed by atoms with Crippen molar-refractivity contribution in [1.29, 1.82) is 0 Å². The van der Waals surface area contributed by atoms with Crippen LogP contribution >= 0.6 is 0 Å². The van der Waals surface area contributed by atoms with Gasteiger partial charge in [0.05, 0.1) is 12.7 Å². The number of aromatic amines is 1. The van der Waals surface area contributed by atoms with E-state index in [1.807, 2.05) is 0 Å². The molecule has 1 aromatic heterocycles. The molecule has 1 aromatic rings. The van der Waals surface area contributed by atoms with E-state index in [0.29, 0.717) is 19.5 Å². The number of hydrogen-bond acceptors (Lipinski definition) is 3. The van der Waals surface area contributed by atoms with Crippen LogP contribution in [0.2, 0.25) is 0 Å². The number of hydrogen-bond donors (Lipinski definition) is 2. The van der Waals surface area contributed by atoms with Crippen molar-refractivity contribution in [3.8, 4) is 0 Å². The van der Waals surface area contributed by atoms with Crippen LogP contribution in [0.15, 0.2) is 12.4 Å². The molecule has 20 heavy (non-hydrogen) atoms. The predicted molar refractivity (Wildman–Crippen MR) is 72.0 cm³/mol. The Morgan fingerprint density at radius 2 is 2.30 bits per heavy atom. The summed E-state index contributed by atoms with van der Waals surface area (Å²) < 4.78 is 0. The number of nitrogens with one attached hydrogen (secondary N) is 1. The number of likely N-dealkylation sites (tertiary alicyclic amines) is 1. The molecule has 0 saturated carbocycles.